The number of nitrogens with zero attached hydrogens (tertiary/aromatic N) is 2. The van der Waals surface area contributed by atoms with Crippen LogP contribution < -0.4 is 15.8 Å². The Bertz CT molecular complexity index is 946. The summed E-state index contributed by atoms with van der Waals surface area (Å²) in [5, 5.41) is 12.0. The molecule has 2 aliphatic heterocycles. The van der Waals surface area contributed by atoms with Crippen LogP contribution in [0.5, 0.6) is 0 Å². The fraction of sp³-hybridized carbons (Fsp3) is 0.318. The highest BCUT2D eigenvalue weighted by atomic mass is 16.5. The number of para-hydroxylation sites is 1. The molecule has 2 aromatic rings. The van der Waals surface area contributed by atoms with E-state index in [1.54, 1.807) is 29.2 Å². The van der Waals surface area contributed by atoms with Gasteiger partial charge in [-0.3, -0.25) is 9.59 Å². The van der Waals surface area contributed by atoms with Gasteiger partial charge < -0.3 is 25.4 Å². The Morgan fingerprint density at radius 1 is 1.23 bits per heavy atom. The van der Waals surface area contributed by atoms with E-state index in [9.17, 15) is 9.59 Å². The van der Waals surface area contributed by atoms with Crippen molar-refractivity contribution in [3.63, 3.8) is 0 Å². The van der Waals surface area contributed by atoms with Gasteiger partial charge in [-0.25, -0.2) is 5.43 Å². The van der Waals surface area contributed by atoms with E-state index in [1.807, 2.05) is 36.3 Å². The van der Waals surface area contributed by atoms with Gasteiger partial charge in [-0.15, -0.1) is 0 Å². The number of amides is 2. The minimum absolute atomic E-state index is 0.0234. The number of hydrogen-bond donors (Lipinski definition) is 3. The molecule has 4 rings (SSSR count). The maximum atomic E-state index is 13.4. The van der Waals surface area contributed by atoms with Crippen molar-refractivity contribution in [2.45, 2.75) is 12.1 Å². The molecule has 0 spiro atoms. The Morgan fingerprint density at radius 3 is 2.77 bits per heavy atom. The minimum Gasteiger partial charge on any atom is -0.377 e. The second kappa shape index (κ2) is 8.64. The van der Waals surface area contributed by atoms with Crippen LogP contribution in [0, 0.1) is 5.41 Å². The highest BCUT2D eigenvalue weighted by Crippen LogP contribution is 2.33. The molecular weight excluding hydrogens is 382 g/mol. The van der Waals surface area contributed by atoms with E-state index >= 15 is 0 Å². The van der Waals surface area contributed by atoms with Crippen molar-refractivity contribution in [1.82, 2.24) is 15.6 Å². The highest BCUT2D eigenvalue weighted by molar-refractivity contribution is 5.95. The summed E-state index contributed by atoms with van der Waals surface area (Å²) in [5.41, 5.74) is 6.42. The van der Waals surface area contributed by atoms with Gasteiger partial charge in [-0.2, -0.15) is 0 Å². The Kier molecular flexibility index (Phi) is 5.78. The number of ether oxygens (including phenoxy) is 1. The third-order valence-corrected chi connectivity index (χ3v) is 5.53. The fourth-order valence-electron chi connectivity index (χ4n) is 3.88. The molecule has 2 unspecified atom stereocenters. The Morgan fingerprint density at radius 2 is 2.00 bits per heavy atom. The van der Waals surface area contributed by atoms with E-state index in [4.69, 9.17) is 10.1 Å². The maximum Gasteiger partial charge on any atom is 0.251 e. The predicted molar refractivity (Wildman–Crippen MR) is 114 cm³/mol. The first-order chi connectivity index (χ1) is 14.6. The first-order valence-corrected chi connectivity index (χ1v) is 9.94. The zero-order valence-electron chi connectivity index (χ0n) is 16.8. The Balaban J connectivity index is 1.43. The van der Waals surface area contributed by atoms with Crippen LogP contribution in [0.1, 0.15) is 27.5 Å². The van der Waals surface area contributed by atoms with Crippen LogP contribution in [-0.2, 0) is 9.53 Å². The zero-order chi connectivity index (χ0) is 21.1. The lowest BCUT2D eigenvalue weighted by Gasteiger charge is -2.37. The maximum absolute atomic E-state index is 13.4. The summed E-state index contributed by atoms with van der Waals surface area (Å²) in [7, 11) is 1.90. The number of carbonyl (C=O) groups is 2. The van der Waals surface area contributed by atoms with Crippen LogP contribution in [0.4, 0.5) is 5.69 Å². The van der Waals surface area contributed by atoms with Gasteiger partial charge in [0, 0.05) is 37.5 Å². The normalized spacial score (nSPS) is 20.6. The molecule has 3 N–H and O–H groups in total. The summed E-state index contributed by atoms with van der Waals surface area (Å²) in [6.07, 6.45) is 1.23. The number of carbonyl (C=O) groups excluding carboxylic acids is 2. The molecule has 0 radical (unpaired) electrons. The molecule has 2 aliphatic rings. The summed E-state index contributed by atoms with van der Waals surface area (Å²) in [5.74, 6) is -0.238. The van der Waals surface area contributed by atoms with Gasteiger partial charge in [0.25, 0.3) is 5.91 Å². The number of rotatable bonds is 5. The van der Waals surface area contributed by atoms with Gasteiger partial charge in [-0.05, 0) is 23.8 Å². The molecule has 156 valence electrons. The summed E-state index contributed by atoms with van der Waals surface area (Å²) in [4.78, 5) is 27.6. The van der Waals surface area contributed by atoms with Gasteiger partial charge in [0.15, 0.2) is 0 Å². The van der Waals surface area contributed by atoms with Crippen LogP contribution in [0.25, 0.3) is 0 Å². The molecule has 8 heteroatoms. The smallest absolute Gasteiger partial charge is 0.251 e. The summed E-state index contributed by atoms with van der Waals surface area (Å²) in [6.45, 7) is 1.65. The van der Waals surface area contributed by atoms with E-state index < -0.39 is 6.04 Å². The van der Waals surface area contributed by atoms with Crippen molar-refractivity contribution >= 4 is 23.7 Å². The fourth-order valence-corrected chi connectivity index (χ4v) is 3.88. The van der Waals surface area contributed by atoms with Gasteiger partial charge in [0.1, 0.15) is 6.04 Å². The molecule has 1 fully saturated rings. The zero-order valence-corrected chi connectivity index (χ0v) is 16.8. The molecule has 2 atom stereocenters. The Hall–Kier alpha value is -3.23. The van der Waals surface area contributed by atoms with Gasteiger partial charge >= 0.3 is 0 Å². The molecule has 0 aromatic heterocycles. The highest BCUT2D eigenvalue weighted by Gasteiger charge is 2.37. The van der Waals surface area contributed by atoms with Crippen molar-refractivity contribution in [3.8, 4) is 0 Å². The van der Waals surface area contributed by atoms with Crippen LogP contribution in [-0.4, -0.2) is 62.3 Å². The standard InChI is InChI=1S/C22H25N5O3/c1-26-19-5-3-2-4-18(19)20(25-26)22(29)27-10-11-30-14-17(27)13-24-21(28)16-8-6-15(12-23)7-9-16/h2-9,12,17,20,23,25H,10-11,13-14H2,1H3,(H,24,28). The largest absolute Gasteiger partial charge is 0.377 e. The molecule has 30 heavy (non-hydrogen) atoms. The van der Waals surface area contributed by atoms with E-state index in [0.717, 1.165) is 16.8 Å². The monoisotopic (exact) mass is 407 g/mol. The lowest BCUT2D eigenvalue weighted by molar-refractivity contribution is -0.142. The molecule has 2 aromatic carbocycles. The lowest BCUT2D eigenvalue weighted by Crippen LogP contribution is -2.56. The third-order valence-electron chi connectivity index (χ3n) is 5.53. The molecule has 2 amide bonds. The number of benzene rings is 2. The van der Waals surface area contributed by atoms with Crippen molar-refractivity contribution in [2.75, 3.05) is 38.4 Å². The number of nitrogens with one attached hydrogen (secondary N) is 3. The minimum atomic E-state index is -0.448. The molecule has 2 heterocycles. The van der Waals surface area contributed by atoms with Gasteiger partial charge in [0.05, 0.1) is 24.9 Å². The number of hydrogen-bond acceptors (Lipinski definition) is 6. The van der Waals surface area contributed by atoms with Gasteiger partial charge in [-0.1, -0.05) is 30.3 Å². The second-order valence-corrected chi connectivity index (χ2v) is 7.42. The molecular formula is C22H25N5O3. The molecule has 1 saturated heterocycles. The van der Waals surface area contributed by atoms with E-state index in [2.05, 4.69) is 10.7 Å². The predicted octanol–water partition coefficient (Wildman–Crippen LogP) is 1.34. The van der Waals surface area contributed by atoms with Gasteiger partial charge in [0.2, 0.25) is 5.91 Å². The summed E-state index contributed by atoms with van der Waals surface area (Å²) < 4.78 is 5.58. The van der Waals surface area contributed by atoms with E-state index in [-0.39, 0.29) is 17.9 Å². The number of anilines is 1. The summed E-state index contributed by atoms with van der Waals surface area (Å²) >= 11 is 0. The van der Waals surface area contributed by atoms with Crippen molar-refractivity contribution in [2.24, 2.45) is 0 Å². The average Bonchev–Trinajstić information content (AvgIpc) is 3.14. The number of morpholine rings is 1. The number of fused-ring (bicyclic) bond motifs is 1. The Labute approximate surface area is 175 Å². The van der Waals surface area contributed by atoms with Crippen LogP contribution in [0.2, 0.25) is 0 Å². The first-order valence-electron chi connectivity index (χ1n) is 9.94. The lowest BCUT2D eigenvalue weighted by atomic mass is 10.0. The quantitative estimate of drug-likeness (QED) is 0.650. The second-order valence-electron chi connectivity index (χ2n) is 7.42. The third kappa shape index (κ3) is 3.92. The van der Waals surface area contributed by atoms with E-state index in [0.29, 0.717) is 31.9 Å². The SMILES string of the molecule is CN1NC(C(=O)N2CCOCC2CNC(=O)c2ccc(C=N)cc2)c2ccccc21. The van der Waals surface area contributed by atoms with Crippen molar-refractivity contribution in [3.05, 3.63) is 65.2 Å². The van der Waals surface area contributed by atoms with Crippen molar-refractivity contribution < 1.29 is 14.3 Å². The first kappa shape index (κ1) is 20.1. The molecule has 0 saturated carbocycles. The van der Waals surface area contributed by atoms with Crippen LogP contribution in [0.15, 0.2) is 48.5 Å². The number of hydrazine groups is 1. The van der Waals surface area contributed by atoms with Crippen molar-refractivity contribution in [1.29, 1.82) is 5.41 Å². The van der Waals surface area contributed by atoms with E-state index in [1.165, 1.54) is 6.21 Å². The molecule has 0 bridgehead atoms. The van der Waals surface area contributed by atoms with Crippen LogP contribution >= 0.6 is 0 Å². The topological polar surface area (TPSA) is 97.8 Å². The average molecular weight is 407 g/mol. The summed E-state index contributed by atoms with van der Waals surface area (Å²) in [6, 6.07) is 14.0. The molecule has 8 nitrogen and oxygen atoms in total. The molecule has 0 aliphatic carbocycles. The van der Waals surface area contributed by atoms with Crippen LogP contribution in [0.3, 0.4) is 0 Å².